The van der Waals surface area contributed by atoms with Crippen molar-refractivity contribution in [2.45, 2.75) is 32.7 Å². The Morgan fingerprint density at radius 2 is 2.08 bits per heavy atom. The molecule has 1 aliphatic rings. The summed E-state index contributed by atoms with van der Waals surface area (Å²) < 4.78 is 29.2. The molecule has 3 aromatic rings. The van der Waals surface area contributed by atoms with E-state index in [-0.39, 0.29) is 30.7 Å². The van der Waals surface area contributed by atoms with Crippen LogP contribution < -0.4 is 5.32 Å². The highest BCUT2D eigenvalue weighted by Crippen LogP contribution is 2.33. The number of pyridine rings is 1. The number of hydrogen-bond donors (Lipinski definition) is 1. The zero-order valence-corrected chi connectivity index (χ0v) is 21.0. The molecule has 1 N–H and O–H groups in total. The maximum atomic E-state index is 13.7. The van der Waals surface area contributed by atoms with Crippen molar-refractivity contribution < 1.29 is 13.6 Å². The number of hydrogen-bond acceptors (Lipinski definition) is 4. The van der Waals surface area contributed by atoms with Crippen LogP contribution in [-0.2, 0) is 6.54 Å². The number of amides is 1. The molecule has 0 fully saturated rings. The van der Waals surface area contributed by atoms with Gasteiger partial charge in [0.2, 0.25) is 0 Å². The Morgan fingerprint density at radius 1 is 1.28 bits per heavy atom. The molecule has 0 radical (unpaired) electrons. The minimum absolute atomic E-state index is 0.0461. The lowest BCUT2D eigenvalue weighted by molar-refractivity contribution is 0.0949. The molecule has 0 saturated heterocycles. The van der Waals surface area contributed by atoms with Crippen LogP contribution >= 0.6 is 0 Å². The molecule has 1 aliphatic carbocycles. The van der Waals surface area contributed by atoms with Gasteiger partial charge in [-0.05, 0) is 35.8 Å². The predicted octanol–water partition coefficient (Wildman–Crippen LogP) is 5.56. The molecular weight excluding hydrogens is 460 g/mol. The first kappa shape index (κ1) is 25.3. The van der Waals surface area contributed by atoms with Crippen molar-refractivity contribution in [1.29, 1.82) is 0 Å². The third-order valence-corrected chi connectivity index (χ3v) is 6.13. The van der Waals surface area contributed by atoms with E-state index in [4.69, 9.17) is 0 Å². The lowest BCUT2D eigenvalue weighted by Gasteiger charge is -2.18. The Bertz CT molecular complexity index is 1340. The highest BCUT2D eigenvalue weighted by Gasteiger charge is 2.26. The zero-order chi connectivity index (χ0) is 25.8. The van der Waals surface area contributed by atoms with Crippen LogP contribution in [0.5, 0.6) is 0 Å². The maximum absolute atomic E-state index is 13.7. The van der Waals surface area contributed by atoms with E-state index in [0.717, 1.165) is 33.9 Å². The second-order valence-electron chi connectivity index (χ2n) is 9.48. The minimum Gasteiger partial charge on any atom is -0.351 e. The summed E-state index contributed by atoms with van der Waals surface area (Å²) in [6.07, 6.45) is 6.21. The van der Waals surface area contributed by atoms with Crippen LogP contribution in [0.1, 0.15) is 53.5 Å². The van der Waals surface area contributed by atoms with Crippen molar-refractivity contribution in [2.75, 3.05) is 20.6 Å². The Kier molecular flexibility index (Phi) is 7.62. The van der Waals surface area contributed by atoms with Crippen LogP contribution in [0.3, 0.4) is 0 Å². The summed E-state index contributed by atoms with van der Waals surface area (Å²) >= 11 is 0. The standard InChI is InChI=1S/C28H31F2N5O/c1-18(2)27-26(28(36)32-15-19-9-11-23(29)24(30)13-19)22-10-8-20(16-33-34(3)4)14-25(22)35(27)17-21-7-5-6-12-31-21/h5-12,14,16,18-19H,13,15,17H2,1-4H3,(H,32,36). The molecule has 6 nitrogen and oxygen atoms in total. The summed E-state index contributed by atoms with van der Waals surface area (Å²) in [5.74, 6) is -2.11. The number of aromatic nitrogens is 2. The molecule has 8 heteroatoms. The van der Waals surface area contributed by atoms with Crippen LogP contribution in [0.2, 0.25) is 0 Å². The van der Waals surface area contributed by atoms with Gasteiger partial charge in [0.15, 0.2) is 5.83 Å². The Balaban J connectivity index is 1.75. The van der Waals surface area contributed by atoms with Gasteiger partial charge in [0.05, 0.1) is 29.5 Å². The van der Waals surface area contributed by atoms with Gasteiger partial charge in [-0.2, -0.15) is 5.10 Å². The van der Waals surface area contributed by atoms with Crippen LogP contribution in [0.15, 0.2) is 71.5 Å². The Morgan fingerprint density at radius 3 is 2.75 bits per heavy atom. The molecule has 36 heavy (non-hydrogen) atoms. The van der Waals surface area contributed by atoms with Crippen LogP contribution in [0.25, 0.3) is 10.9 Å². The molecule has 0 spiro atoms. The van der Waals surface area contributed by atoms with Gasteiger partial charge in [-0.25, -0.2) is 8.78 Å². The highest BCUT2D eigenvalue weighted by molar-refractivity contribution is 6.09. The number of carbonyl (C=O) groups is 1. The molecule has 4 rings (SSSR count). The molecule has 1 amide bonds. The topological polar surface area (TPSA) is 62.5 Å². The van der Waals surface area contributed by atoms with E-state index in [2.05, 4.69) is 33.8 Å². The van der Waals surface area contributed by atoms with E-state index < -0.39 is 11.7 Å². The zero-order valence-electron chi connectivity index (χ0n) is 21.0. The first-order valence-corrected chi connectivity index (χ1v) is 12.0. The van der Waals surface area contributed by atoms with E-state index in [1.807, 2.05) is 50.5 Å². The van der Waals surface area contributed by atoms with Crippen LogP contribution in [-0.4, -0.2) is 47.3 Å². The largest absolute Gasteiger partial charge is 0.351 e. The quantitative estimate of drug-likeness (QED) is 0.332. The van der Waals surface area contributed by atoms with Gasteiger partial charge in [0.1, 0.15) is 5.83 Å². The monoisotopic (exact) mass is 491 g/mol. The summed E-state index contributed by atoms with van der Waals surface area (Å²) in [6.45, 7) is 4.84. The number of allylic oxidation sites excluding steroid dienone is 3. The summed E-state index contributed by atoms with van der Waals surface area (Å²) in [4.78, 5) is 18.1. The van der Waals surface area contributed by atoms with Crippen molar-refractivity contribution in [3.8, 4) is 0 Å². The summed E-state index contributed by atoms with van der Waals surface area (Å²) in [5, 5.41) is 9.85. The van der Waals surface area contributed by atoms with E-state index in [0.29, 0.717) is 12.1 Å². The number of fused-ring (bicyclic) bond motifs is 1. The molecule has 0 bridgehead atoms. The number of halogens is 2. The Hall–Kier alpha value is -3.81. The lowest BCUT2D eigenvalue weighted by atomic mass is 9.98. The fourth-order valence-electron chi connectivity index (χ4n) is 4.47. The van der Waals surface area contributed by atoms with Gasteiger partial charge >= 0.3 is 0 Å². The highest BCUT2D eigenvalue weighted by atomic mass is 19.2. The fraction of sp³-hybridized carbons (Fsp3) is 0.321. The number of benzene rings is 1. The first-order chi connectivity index (χ1) is 17.2. The number of nitrogens with zero attached hydrogens (tertiary/aromatic N) is 4. The van der Waals surface area contributed by atoms with Crippen LogP contribution in [0.4, 0.5) is 8.78 Å². The van der Waals surface area contributed by atoms with Gasteiger partial charge in [0, 0.05) is 50.3 Å². The second kappa shape index (κ2) is 10.8. The smallest absolute Gasteiger partial charge is 0.253 e. The summed E-state index contributed by atoms with van der Waals surface area (Å²) in [5.41, 5.74) is 4.19. The summed E-state index contributed by atoms with van der Waals surface area (Å²) in [7, 11) is 3.71. The fourth-order valence-corrected chi connectivity index (χ4v) is 4.47. The van der Waals surface area contributed by atoms with Gasteiger partial charge in [-0.3, -0.25) is 9.78 Å². The molecule has 2 heterocycles. The molecule has 0 aliphatic heterocycles. The second-order valence-corrected chi connectivity index (χ2v) is 9.48. The van der Waals surface area contributed by atoms with Crippen molar-refractivity contribution >= 4 is 23.0 Å². The van der Waals surface area contributed by atoms with E-state index in [9.17, 15) is 13.6 Å². The normalized spacial score (nSPS) is 15.9. The van der Waals surface area contributed by atoms with E-state index in [1.165, 1.54) is 0 Å². The van der Waals surface area contributed by atoms with Crippen molar-refractivity contribution in [2.24, 2.45) is 11.0 Å². The number of carbonyl (C=O) groups excluding carboxylic acids is 1. The van der Waals surface area contributed by atoms with E-state index >= 15 is 0 Å². The molecule has 1 unspecified atom stereocenters. The van der Waals surface area contributed by atoms with Crippen molar-refractivity contribution in [3.05, 3.63) is 88.9 Å². The van der Waals surface area contributed by atoms with Crippen LogP contribution in [0, 0.1) is 5.92 Å². The number of hydrazone groups is 1. The first-order valence-electron chi connectivity index (χ1n) is 12.0. The molecule has 2 aromatic heterocycles. The minimum atomic E-state index is -0.842. The van der Waals surface area contributed by atoms with E-state index in [1.54, 1.807) is 23.5 Å². The third kappa shape index (κ3) is 5.53. The average Bonchev–Trinajstić information content (AvgIpc) is 3.17. The molecule has 0 saturated carbocycles. The van der Waals surface area contributed by atoms with Crippen molar-refractivity contribution in [1.82, 2.24) is 19.9 Å². The number of nitrogens with one attached hydrogen (secondary N) is 1. The molecule has 1 aromatic carbocycles. The Labute approximate surface area is 210 Å². The summed E-state index contributed by atoms with van der Waals surface area (Å²) in [6, 6.07) is 11.7. The number of rotatable bonds is 8. The maximum Gasteiger partial charge on any atom is 0.253 e. The van der Waals surface area contributed by atoms with Gasteiger partial charge < -0.3 is 14.9 Å². The lowest BCUT2D eigenvalue weighted by Crippen LogP contribution is -2.30. The average molecular weight is 492 g/mol. The van der Waals surface area contributed by atoms with Gasteiger partial charge in [0.25, 0.3) is 5.91 Å². The predicted molar refractivity (Wildman–Crippen MR) is 139 cm³/mol. The third-order valence-electron chi connectivity index (χ3n) is 6.13. The van der Waals surface area contributed by atoms with Crippen molar-refractivity contribution in [3.63, 3.8) is 0 Å². The van der Waals surface area contributed by atoms with Gasteiger partial charge in [-0.1, -0.05) is 38.1 Å². The SMILES string of the molecule is CC(C)c1c(C(=O)NCC2C=CC(F)=C(F)C2)c2ccc(C=NN(C)C)cc2n1Cc1ccccn1. The van der Waals surface area contributed by atoms with Gasteiger partial charge in [-0.15, -0.1) is 0 Å². The molecule has 1 atom stereocenters. The molecular formula is C28H31F2N5O. The molecule has 188 valence electrons.